The molecule has 0 aromatic heterocycles. The first-order chi connectivity index (χ1) is 44.0. The van der Waals surface area contributed by atoms with Crippen molar-refractivity contribution in [2.45, 2.75) is 315 Å². The molecular weight excluding hydrogens is 1130 g/mol. The SMILES string of the molecule is CC/C=C\C/C=C\C/C=C\C/C=C\C/C=C\C/C=C\C/C=C\C/C=C\CCCCCCCCCCC(=O)OC(COC(=O)CCCCCCCCCCCCCCCCCCCC/C=C\C/C=C\C/C=C\CCCCCCC)COP(=O)(O)OCC[N+](C)(C)C. The minimum absolute atomic E-state index is 0.0246. The Labute approximate surface area is 555 Å². The van der Waals surface area contributed by atoms with Crippen LogP contribution in [0.3, 0.4) is 0 Å². The van der Waals surface area contributed by atoms with E-state index in [-0.39, 0.29) is 32.0 Å². The van der Waals surface area contributed by atoms with Gasteiger partial charge >= 0.3 is 19.8 Å². The van der Waals surface area contributed by atoms with Crippen LogP contribution in [-0.2, 0) is 32.7 Å². The van der Waals surface area contributed by atoms with E-state index >= 15 is 0 Å². The van der Waals surface area contributed by atoms with Gasteiger partial charge < -0.3 is 18.9 Å². The highest BCUT2D eigenvalue weighted by atomic mass is 31.2. The number of allylic oxidation sites excluding steroid dienone is 22. The highest BCUT2D eigenvalue weighted by molar-refractivity contribution is 7.47. The lowest BCUT2D eigenvalue weighted by atomic mass is 10.0. The standard InChI is InChI=1S/C80H138NO8P/c1-6-8-10-12-14-16-18-20-22-24-26-28-30-32-34-36-38-40-42-44-46-48-50-52-54-56-58-60-62-64-66-68-70-72-79(82)86-76-78(77-88-90(84,85)87-75-74-81(3,4)5)89-80(83)73-71-69-67-65-63-61-59-57-55-53-51-49-47-45-43-41-39-37-35-33-31-29-27-25-23-21-19-17-15-13-11-9-7-2/h9,11,15,17-18,20-21,23-24,26-27,29-30,32-33,35,39,41,45,47,51,53,78H,6-8,10,12-14,16,19,22,25,28,31,34,36-38,40,42-44,46,48-50,52,54-77H2,1-5H3/p+1/b11-9-,17-15-,20-18-,23-21-,26-24-,29-27-,32-30-,35-33-,41-39-,47-45-,53-51-. The molecule has 0 amide bonds. The van der Waals surface area contributed by atoms with Gasteiger partial charge in [-0.1, -0.05) is 314 Å². The van der Waals surface area contributed by atoms with E-state index in [1.54, 1.807) is 0 Å². The average molecular weight is 1270 g/mol. The fraction of sp³-hybridized carbons (Fsp3) is 0.700. The van der Waals surface area contributed by atoms with Gasteiger partial charge in [0, 0.05) is 12.8 Å². The van der Waals surface area contributed by atoms with Crippen molar-refractivity contribution in [1.82, 2.24) is 0 Å². The molecule has 0 saturated heterocycles. The number of carbonyl (C=O) groups is 2. The summed E-state index contributed by atoms with van der Waals surface area (Å²) in [5.74, 6) is -0.805. The van der Waals surface area contributed by atoms with Crippen LogP contribution in [0.2, 0.25) is 0 Å². The van der Waals surface area contributed by atoms with Crippen molar-refractivity contribution in [1.29, 1.82) is 0 Å². The lowest BCUT2D eigenvalue weighted by molar-refractivity contribution is -0.870. The monoisotopic (exact) mass is 1270 g/mol. The van der Waals surface area contributed by atoms with E-state index in [0.29, 0.717) is 17.4 Å². The first-order valence-electron chi connectivity index (χ1n) is 36.9. The number of unbranched alkanes of at least 4 members (excludes halogenated alkanes) is 31. The summed E-state index contributed by atoms with van der Waals surface area (Å²) in [6.45, 7) is 4.31. The molecule has 516 valence electrons. The molecule has 2 unspecified atom stereocenters. The molecule has 0 spiro atoms. The molecule has 0 radical (unpaired) electrons. The van der Waals surface area contributed by atoms with Crippen LogP contribution in [-0.4, -0.2) is 74.9 Å². The average Bonchev–Trinajstić information content (AvgIpc) is 3.58. The summed E-state index contributed by atoms with van der Waals surface area (Å²) in [7, 11) is 1.46. The Kier molecular flexibility index (Phi) is 66.5. The third-order valence-corrected chi connectivity index (χ3v) is 16.6. The molecule has 0 aromatic rings. The summed E-state index contributed by atoms with van der Waals surface area (Å²) >= 11 is 0. The number of esters is 2. The number of quaternary nitrogens is 1. The predicted octanol–water partition coefficient (Wildman–Crippen LogP) is 24.4. The number of rotatable bonds is 67. The highest BCUT2D eigenvalue weighted by Crippen LogP contribution is 2.43. The molecule has 0 rings (SSSR count). The second kappa shape index (κ2) is 69.5. The smallest absolute Gasteiger partial charge is 0.462 e. The Morgan fingerprint density at radius 1 is 0.356 bits per heavy atom. The van der Waals surface area contributed by atoms with Gasteiger partial charge in [0.15, 0.2) is 6.10 Å². The van der Waals surface area contributed by atoms with Crippen molar-refractivity contribution in [2.75, 3.05) is 47.5 Å². The predicted molar refractivity (Wildman–Crippen MR) is 390 cm³/mol. The van der Waals surface area contributed by atoms with Crippen molar-refractivity contribution < 1.29 is 42.1 Å². The van der Waals surface area contributed by atoms with Gasteiger partial charge in [0.2, 0.25) is 0 Å². The summed E-state index contributed by atoms with van der Waals surface area (Å²) in [4.78, 5) is 35.9. The fourth-order valence-corrected chi connectivity index (χ4v) is 10.8. The van der Waals surface area contributed by atoms with Gasteiger partial charge in [0.05, 0.1) is 27.7 Å². The third kappa shape index (κ3) is 73.2. The molecule has 0 aliphatic carbocycles. The zero-order valence-electron chi connectivity index (χ0n) is 58.8. The molecular formula is C80H139NO8P+. The molecule has 1 N–H and O–H groups in total. The van der Waals surface area contributed by atoms with Gasteiger partial charge in [-0.05, 0) is 116 Å². The lowest BCUT2D eigenvalue weighted by Crippen LogP contribution is -2.37. The third-order valence-electron chi connectivity index (χ3n) is 15.7. The van der Waals surface area contributed by atoms with Gasteiger partial charge in [-0.2, -0.15) is 0 Å². The van der Waals surface area contributed by atoms with Crippen LogP contribution in [0, 0.1) is 0 Å². The van der Waals surface area contributed by atoms with Gasteiger partial charge in [-0.3, -0.25) is 18.6 Å². The highest BCUT2D eigenvalue weighted by Gasteiger charge is 2.27. The Morgan fingerprint density at radius 2 is 0.633 bits per heavy atom. The maximum atomic E-state index is 12.9. The number of likely N-dealkylation sites (N-methyl/N-ethyl adjacent to an activating group) is 1. The van der Waals surface area contributed by atoms with Crippen LogP contribution in [0.1, 0.15) is 309 Å². The second-order valence-electron chi connectivity index (χ2n) is 25.6. The Morgan fingerprint density at radius 3 is 0.944 bits per heavy atom. The molecule has 9 nitrogen and oxygen atoms in total. The van der Waals surface area contributed by atoms with Gasteiger partial charge in [-0.15, -0.1) is 0 Å². The van der Waals surface area contributed by atoms with E-state index in [0.717, 1.165) is 109 Å². The van der Waals surface area contributed by atoms with Crippen molar-refractivity contribution in [3.8, 4) is 0 Å². The molecule has 0 aromatic carbocycles. The first-order valence-corrected chi connectivity index (χ1v) is 38.4. The maximum absolute atomic E-state index is 12.9. The normalized spacial score (nSPS) is 13.9. The Bertz CT molecular complexity index is 1980. The molecule has 0 heterocycles. The number of carbonyl (C=O) groups excluding carboxylic acids is 2. The minimum Gasteiger partial charge on any atom is -0.462 e. The maximum Gasteiger partial charge on any atom is 0.472 e. The summed E-state index contributed by atoms with van der Waals surface area (Å²) in [6, 6.07) is 0. The largest absolute Gasteiger partial charge is 0.472 e. The van der Waals surface area contributed by atoms with E-state index in [9.17, 15) is 19.0 Å². The molecule has 0 fully saturated rings. The van der Waals surface area contributed by atoms with E-state index in [1.165, 1.54) is 167 Å². The quantitative estimate of drug-likeness (QED) is 0.0211. The Balaban J connectivity index is 4.07. The molecule has 10 heteroatoms. The molecule has 0 aliphatic rings. The number of phosphoric acid groups is 1. The molecule has 0 saturated carbocycles. The number of ether oxygens (including phenoxy) is 2. The summed E-state index contributed by atoms with van der Waals surface area (Å²) in [6.07, 6.45) is 101. The van der Waals surface area contributed by atoms with Gasteiger partial charge in [0.25, 0.3) is 0 Å². The van der Waals surface area contributed by atoms with Crippen molar-refractivity contribution in [2.24, 2.45) is 0 Å². The number of phosphoric ester groups is 1. The summed E-state index contributed by atoms with van der Waals surface area (Å²) < 4.78 is 34.8. The number of hydrogen-bond donors (Lipinski definition) is 1. The molecule has 0 bridgehead atoms. The molecule has 2 atom stereocenters. The second-order valence-corrected chi connectivity index (χ2v) is 27.0. The number of nitrogens with zero attached hydrogens (tertiary/aromatic N) is 1. The van der Waals surface area contributed by atoms with Crippen LogP contribution < -0.4 is 0 Å². The summed E-state index contributed by atoms with van der Waals surface area (Å²) in [5.41, 5.74) is 0. The number of hydrogen-bond acceptors (Lipinski definition) is 7. The zero-order chi connectivity index (χ0) is 65.5. The van der Waals surface area contributed by atoms with E-state index in [4.69, 9.17) is 18.5 Å². The van der Waals surface area contributed by atoms with Crippen LogP contribution in [0.15, 0.2) is 134 Å². The van der Waals surface area contributed by atoms with Crippen molar-refractivity contribution in [3.05, 3.63) is 134 Å². The van der Waals surface area contributed by atoms with E-state index < -0.39 is 26.5 Å². The van der Waals surface area contributed by atoms with Gasteiger partial charge in [0.1, 0.15) is 19.8 Å². The fourth-order valence-electron chi connectivity index (χ4n) is 10.0. The minimum atomic E-state index is -4.40. The van der Waals surface area contributed by atoms with Crippen LogP contribution in [0.25, 0.3) is 0 Å². The van der Waals surface area contributed by atoms with Crippen molar-refractivity contribution >= 4 is 19.8 Å². The van der Waals surface area contributed by atoms with Crippen molar-refractivity contribution in [3.63, 3.8) is 0 Å². The van der Waals surface area contributed by atoms with E-state index in [2.05, 4.69) is 148 Å². The first kappa shape index (κ1) is 86.2. The summed E-state index contributed by atoms with van der Waals surface area (Å²) in [5, 5.41) is 0. The zero-order valence-corrected chi connectivity index (χ0v) is 59.7. The molecule has 90 heavy (non-hydrogen) atoms. The van der Waals surface area contributed by atoms with Crippen LogP contribution >= 0.6 is 7.82 Å². The topological polar surface area (TPSA) is 108 Å². The van der Waals surface area contributed by atoms with Gasteiger partial charge in [-0.25, -0.2) is 4.57 Å². The van der Waals surface area contributed by atoms with E-state index in [1.807, 2.05) is 21.1 Å². The lowest BCUT2D eigenvalue weighted by Gasteiger charge is -2.24. The Hall–Kier alpha value is -3.85. The molecule has 0 aliphatic heterocycles. The van der Waals surface area contributed by atoms with Crippen LogP contribution in [0.4, 0.5) is 0 Å². The van der Waals surface area contributed by atoms with Crippen LogP contribution in [0.5, 0.6) is 0 Å².